The molecule has 0 saturated heterocycles. The molecule has 0 bridgehead atoms. The first-order chi connectivity index (χ1) is 13.2. The van der Waals surface area contributed by atoms with Gasteiger partial charge in [0.2, 0.25) is 5.95 Å². The highest BCUT2D eigenvalue weighted by Crippen LogP contribution is 2.23. The molecule has 1 saturated carbocycles. The average Bonchev–Trinajstić information content (AvgIpc) is 2.97. The van der Waals surface area contributed by atoms with Crippen LogP contribution in [0.2, 0.25) is 0 Å². The standard InChI is InChI=1S/C22H30N4O/c1-3-16-10-9-11-17(4-2)20(16)26-21(27)18-14-23-22(24-15-18)25-19-12-7-5-6-8-13-19/h9-11,14-15,19H,3-8,12-13H2,1-2H3,(H,26,27)(H,23,24,25). The highest BCUT2D eigenvalue weighted by atomic mass is 16.1. The molecule has 1 fully saturated rings. The predicted molar refractivity (Wildman–Crippen MR) is 110 cm³/mol. The molecule has 0 aliphatic heterocycles. The van der Waals surface area contributed by atoms with Crippen LogP contribution >= 0.6 is 0 Å². The third kappa shape index (κ3) is 5.06. The Kier molecular flexibility index (Phi) is 6.80. The molecule has 0 unspecified atom stereocenters. The Morgan fingerprint density at radius 3 is 2.15 bits per heavy atom. The van der Waals surface area contributed by atoms with E-state index in [1.807, 2.05) is 6.07 Å². The van der Waals surface area contributed by atoms with E-state index in [2.05, 4.69) is 46.6 Å². The number of nitrogens with zero attached hydrogens (tertiary/aromatic N) is 2. The predicted octanol–water partition coefficient (Wildman–Crippen LogP) is 4.99. The molecule has 2 N–H and O–H groups in total. The smallest absolute Gasteiger partial charge is 0.258 e. The maximum atomic E-state index is 12.7. The van der Waals surface area contributed by atoms with Gasteiger partial charge < -0.3 is 10.6 Å². The molecule has 2 aromatic rings. The van der Waals surface area contributed by atoms with E-state index in [1.54, 1.807) is 12.4 Å². The summed E-state index contributed by atoms with van der Waals surface area (Å²) < 4.78 is 0. The first-order valence-corrected chi connectivity index (χ1v) is 10.2. The Morgan fingerprint density at radius 2 is 1.59 bits per heavy atom. The minimum Gasteiger partial charge on any atom is -0.351 e. The van der Waals surface area contributed by atoms with Gasteiger partial charge in [0.25, 0.3) is 5.91 Å². The van der Waals surface area contributed by atoms with Gasteiger partial charge in [-0.15, -0.1) is 0 Å². The number of hydrogen-bond acceptors (Lipinski definition) is 4. The largest absolute Gasteiger partial charge is 0.351 e. The number of benzene rings is 1. The van der Waals surface area contributed by atoms with Crippen molar-refractivity contribution in [2.45, 2.75) is 71.3 Å². The van der Waals surface area contributed by atoms with Crippen LogP contribution in [0.3, 0.4) is 0 Å². The zero-order chi connectivity index (χ0) is 19.1. The lowest BCUT2D eigenvalue weighted by molar-refractivity contribution is 0.102. The Labute approximate surface area is 162 Å². The van der Waals surface area contributed by atoms with E-state index in [0.29, 0.717) is 17.6 Å². The van der Waals surface area contributed by atoms with Gasteiger partial charge in [0, 0.05) is 24.1 Å². The van der Waals surface area contributed by atoms with Crippen LogP contribution in [0.4, 0.5) is 11.6 Å². The fourth-order valence-electron chi connectivity index (χ4n) is 3.71. The van der Waals surface area contributed by atoms with E-state index in [1.165, 1.54) is 38.5 Å². The summed E-state index contributed by atoms with van der Waals surface area (Å²) >= 11 is 0. The minimum absolute atomic E-state index is 0.161. The molecule has 0 spiro atoms. The number of carbonyl (C=O) groups excluding carboxylic acids is 1. The van der Waals surface area contributed by atoms with Crippen molar-refractivity contribution in [2.75, 3.05) is 10.6 Å². The molecule has 5 nitrogen and oxygen atoms in total. The average molecular weight is 367 g/mol. The molecule has 1 aromatic carbocycles. The number of rotatable bonds is 6. The topological polar surface area (TPSA) is 66.9 Å². The van der Waals surface area contributed by atoms with Crippen LogP contribution in [0, 0.1) is 0 Å². The Hall–Kier alpha value is -2.43. The summed E-state index contributed by atoms with van der Waals surface area (Å²) in [6.07, 6.45) is 12.5. The number of nitrogens with one attached hydrogen (secondary N) is 2. The van der Waals surface area contributed by atoms with Crippen molar-refractivity contribution in [3.63, 3.8) is 0 Å². The van der Waals surface area contributed by atoms with E-state index >= 15 is 0 Å². The van der Waals surface area contributed by atoms with Gasteiger partial charge in [0.15, 0.2) is 0 Å². The highest BCUT2D eigenvalue weighted by molar-refractivity contribution is 6.04. The highest BCUT2D eigenvalue weighted by Gasteiger charge is 2.15. The molecule has 0 atom stereocenters. The molecule has 5 heteroatoms. The third-order valence-electron chi connectivity index (χ3n) is 5.34. The van der Waals surface area contributed by atoms with Gasteiger partial charge in [-0.3, -0.25) is 4.79 Å². The lowest BCUT2D eigenvalue weighted by Gasteiger charge is -2.16. The molecule has 144 valence electrons. The molecular weight excluding hydrogens is 336 g/mol. The second kappa shape index (κ2) is 9.49. The number of amides is 1. The minimum atomic E-state index is -0.161. The van der Waals surface area contributed by atoms with Crippen molar-refractivity contribution < 1.29 is 4.79 Å². The van der Waals surface area contributed by atoms with Gasteiger partial charge in [-0.1, -0.05) is 57.7 Å². The molecule has 1 aliphatic carbocycles. The van der Waals surface area contributed by atoms with E-state index < -0.39 is 0 Å². The summed E-state index contributed by atoms with van der Waals surface area (Å²) in [6.45, 7) is 4.20. The summed E-state index contributed by atoms with van der Waals surface area (Å²) in [5, 5.41) is 6.49. The number of para-hydroxylation sites is 1. The van der Waals surface area contributed by atoms with Crippen LogP contribution in [0.25, 0.3) is 0 Å². The summed E-state index contributed by atoms with van der Waals surface area (Å²) in [4.78, 5) is 21.4. The summed E-state index contributed by atoms with van der Waals surface area (Å²) in [6, 6.07) is 6.61. The Morgan fingerprint density at radius 1 is 1.00 bits per heavy atom. The lowest BCUT2D eigenvalue weighted by Crippen LogP contribution is -2.20. The van der Waals surface area contributed by atoms with Gasteiger partial charge in [0.05, 0.1) is 5.56 Å². The summed E-state index contributed by atoms with van der Waals surface area (Å²) in [5.41, 5.74) is 3.70. The van der Waals surface area contributed by atoms with Gasteiger partial charge in [0.1, 0.15) is 0 Å². The van der Waals surface area contributed by atoms with E-state index in [-0.39, 0.29) is 5.91 Å². The van der Waals surface area contributed by atoms with E-state index in [0.717, 1.165) is 29.7 Å². The van der Waals surface area contributed by atoms with Crippen LogP contribution in [0.1, 0.15) is 73.9 Å². The molecule has 0 radical (unpaired) electrons. The summed E-state index contributed by atoms with van der Waals surface area (Å²) in [7, 11) is 0. The van der Waals surface area contributed by atoms with Gasteiger partial charge in [-0.05, 0) is 36.8 Å². The fourth-order valence-corrected chi connectivity index (χ4v) is 3.71. The Balaban J connectivity index is 1.67. The maximum absolute atomic E-state index is 12.7. The molecule has 1 heterocycles. The first-order valence-electron chi connectivity index (χ1n) is 10.2. The third-order valence-corrected chi connectivity index (χ3v) is 5.34. The number of aromatic nitrogens is 2. The zero-order valence-corrected chi connectivity index (χ0v) is 16.4. The van der Waals surface area contributed by atoms with Gasteiger partial charge in [-0.2, -0.15) is 0 Å². The SMILES string of the molecule is CCc1cccc(CC)c1NC(=O)c1cnc(NC2CCCCCC2)nc1. The molecule has 27 heavy (non-hydrogen) atoms. The van der Waals surface area contributed by atoms with Crippen molar-refractivity contribution in [1.29, 1.82) is 0 Å². The van der Waals surface area contributed by atoms with Crippen LogP contribution in [0.5, 0.6) is 0 Å². The van der Waals surface area contributed by atoms with Gasteiger partial charge >= 0.3 is 0 Å². The van der Waals surface area contributed by atoms with E-state index in [4.69, 9.17) is 0 Å². The maximum Gasteiger partial charge on any atom is 0.258 e. The van der Waals surface area contributed by atoms with Crippen molar-refractivity contribution in [3.8, 4) is 0 Å². The molecular formula is C22H30N4O. The first kappa shape index (κ1) is 19.3. The summed E-state index contributed by atoms with van der Waals surface area (Å²) in [5.74, 6) is 0.452. The molecule has 1 aromatic heterocycles. The lowest BCUT2D eigenvalue weighted by atomic mass is 10.0. The molecule has 1 amide bonds. The van der Waals surface area contributed by atoms with Crippen LogP contribution in [-0.2, 0) is 12.8 Å². The molecule has 3 rings (SSSR count). The second-order valence-electron chi connectivity index (χ2n) is 7.24. The van der Waals surface area contributed by atoms with Crippen molar-refractivity contribution >= 4 is 17.5 Å². The fraction of sp³-hybridized carbons (Fsp3) is 0.500. The van der Waals surface area contributed by atoms with Gasteiger partial charge in [-0.25, -0.2) is 9.97 Å². The molecule has 1 aliphatic rings. The second-order valence-corrected chi connectivity index (χ2v) is 7.24. The van der Waals surface area contributed by atoms with Crippen molar-refractivity contribution in [2.24, 2.45) is 0 Å². The monoisotopic (exact) mass is 366 g/mol. The van der Waals surface area contributed by atoms with E-state index in [9.17, 15) is 4.79 Å². The van der Waals surface area contributed by atoms with Crippen molar-refractivity contribution in [1.82, 2.24) is 9.97 Å². The van der Waals surface area contributed by atoms with Crippen LogP contribution in [-0.4, -0.2) is 21.9 Å². The van der Waals surface area contributed by atoms with Crippen LogP contribution in [0.15, 0.2) is 30.6 Å². The van der Waals surface area contributed by atoms with Crippen molar-refractivity contribution in [3.05, 3.63) is 47.3 Å². The van der Waals surface area contributed by atoms with Crippen LogP contribution < -0.4 is 10.6 Å². The normalized spacial score (nSPS) is 15.2. The quantitative estimate of drug-likeness (QED) is 0.707. The number of anilines is 2. The number of carbonyl (C=O) groups is 1. The number of hydrogen-bond donors (Lipinski definition) is 2. The number of aryl methyl sites for hydroxylation is 2. The Bertz CT molecular complexity index is 727. The zero-order valence-electron chi connectivity index (χ0n) is 16.4.